The second-order valence-electron chi connectivity index (χ2n) is 6.43. The maximum atomic E-state index is 12.5. The van der Waals surface area contributed by atoms with Crippen molar-refractivity contribution in [3.05, 3.63) is 58.4 Å². The van der Waals surface area contributed by atoms with Crippen LogP contribution in [0.15, 0.2) is 41.5 Å². The quantitative estimate of drug-likeness (QED) is 0.771. The average molecular weight is 337 g/mol. The lowest BCUT2D eigenvalue weighted by atomic mass is 9.92. The van der Waals surface area contributed by atoms with E-state index < -0.39 is 0 Å². The Kier molecular flexibility index (Phi) is 3.83. The molecule has 1 amide bonds. The highest BCUT2D eigenvalue weighted by atomic mass is 16.2. The molecule has 4 heterocycles. The number of aromatic amines is 1. The summed E-state index contributed by atoms with van der Waals surface area (Å²) >= 11 is 0. The first-order valence-corrected chi connectivity index (χ1v) is 8.39. The number of fused-ring (bicyclic) bond motifs is 1. The molecule has 1 saturated heterocycles. The van der Waals surface area contributed by atoms with Crippen LogP contribution in [0, 0.1) is 0 Å². The fourth-order valence-corrected chi connectivity index (χ4v) is 3.41. The largest absolute Gasteiger partial charge is 0.337 e. The Morgan fingerprint density at radius 2 is 2.08 bits per heavy atom. The molecule has 0 aliphatic carbocycles. The molecule has 0 atom stereocenters. The molecule has 1 aliphatic rings. The molecular weight excluding hydrogens is 318 g/mol. The fraction of sp³-hybridized carbons (Fsp3) is 0.333. The predicted octanol–water partition coefficient (Wildman–Crippen LogP) is 1.68. The number of aromatic nitrogens is 4. The molecule has 4 rings (SSSR count). The Balaban J connectivity index is 1.50. The minimum Gasteiger partial charge on any atom is -0.337 e. The fourth-order valence-electron chi connectivity index (χ4n) is 3.41. The van der Waals surface area contributed by atoms with Crippen molar-refractivity contribution in [3.8, 4) is 0 Å². The van der Waals surface area contributed by atoms with Crippen molar-refractivity contribution in [2.24, 2.45) is 7.05 Å². The zero-order valence-corrected chi connectivity index (χ0v) is 14.0. The highest BCUT2D eigenvalue weighted by Crippen LogP contribution is 2.27. The summed E-state index contributed by atoms with van der Waals surface area (Å²) in [5, 5.41) is 4.78. The molecule has 3 aromatic heterocycles. The van der Waals surface area contributed by atoms with Gasteiger partial charge in [-0.1, -0.05) is 0 Å². The van der Waals surface area contributed by atoms with Crippen LogP contribution in [0.5, 0.6) is 0 Å². The third kappa shape index (κ3) is 2.93. The van der Waals surface area contributed by atoms with E-state index in [-0.39, 0.29) is 17.4 Å². The van der Waals surface area contributed by atoms with Crippen molar-refractivity contribution in [1.82, 2.24) is 24.6 Å². The number of hydrogen-bond acceptors (Lipinski definition) is 4. The van der Waals surface area contributed by atoms with Crippen LogP contribution >= 0.6 is 0 Å². The van der Waals surface area contributed by atoms with E-state index in [1.807, 2.05) is 11.0 Å². The molecule has 1 N–H and O–H groups in total. The first kappa shape index (κ1) is 15.6. The second kappa shape index (κ2) is 6.16. The summed E-state index contributed by atoms with van der Waals surface area (Å²) in [5.74, 6) is 0.194. The maximum Gasteiger partial charge on any atom is 0.274 e. The predicted molar refractivity (Wildman–Crippen MR) is 93.5 cm³/mol. The van der Waals surface area contributed by atoms with E-state index >= 15 is 0 Å². The Hall–Kier alpha value is -2.96. The molecule has 0 bridgehead atoms. The number of carbonyl (C=O) groups excluding carboxylic acids is 1. The smallest absolute Gasteiger partial charge is 0.274 e. The Morgan fingerprint density at radius 3 is 2.80 bits per heavy atom. The van der Waals surface area contributed by atoms with Gasteiger partial charge < -0.3 is 9.88 Å². The van der Waals surface area contributed by atoms with Crippen LogP contribution < -0.4 is 5.56 Å². The van der Waals surface area contributed by atoms with Gasteiger partial charge in [-0.15, -0.1) is 0 Å². The molecule has 0 unspecified atom stereocenters. The summed E-state index contributed by atoms with van der Waals surface area (Å²) in [6, 6.07) is 7.23. The number of piperidine rings is 1. The number of likely N-dealkylation sites (tertiary alicyclic amines) is 1. The number of carbonyl (C=O) groups is 1. The van der Waals surface area contributed by atoms with Crippen molar-refractivity contribution in [3.63, 3.8) is 0 Å². The van der Waals surface area contributed by atoms with E-state index in [0.717, 1.165) is 18.5 Å². The zero-order chi connectivity index (χ0) is 17.4. The standard InChI is InChI=1S/C18H19N5O2/c1-22-8-6-14(21-22)18(25)23-9-4-12(5-10-23)15-11-16-13(17(24)20-15)3-2-7-19-16/h2-3,6-8,11-12H,4-5,9-10H2,1H3,(H,20,24). The van der Waals surface area contributed by atoms with Crippen LogP contribution in [-0.2, 0) is 7.05 Å². The Bertz CT molecular complexity index is 982. The number of nitrogens with zero attached hydrogens (tertiary/aromatic N) is 4. The molecular formula is C18H19N5O2. The van der Waals surface area contributed by atoms with Gasteiger partial charge in [-0.3, -0.25) is 19.3 Å². The number of pyridine rings is 2. The van der Waals surface area contributed by atoms with Crippen molar-refractivity contribution in [1.29, 1.82) is 0 Å². The Labute approximate surface area is 144 Å². The highest BCUT2D eigenvalue weighted by Gasteiger charge is 2.26. The van der Waals surface area contributed by atoms with Gasteiger partial charge in [-0.05, 0) is 37.1 Å². The Morgan fingerprint density at radius 1 is 1.28 bits per heavy atom. The van der Waals surface area contributed by atoms with Crippen molar-refractivity contribution >= 4 is 16.8 Å². The van der Waals surface area contributed by atoms with Crippen LogP contribution in [-0.4, -0.2) is 43.6 Å². The lowest BCUT2D eigenvalue weighted by Gasteiger charge is -2.31. The minimum atomic E-state index is -0.104. The van der Waals surface area contributed by atoms with Crippen LogP contribution in [0.1, 0.15) is 34.9 Å². The first-order chi connectivity index (χ1) is 12.1. The van der Waals surface area contributed by atoms with Gasteiger partial charge in [0.05, 0.1) is 10.9 Å². The lowest BCUT2D eigenvalue weighted by Crippen LogP contribution is -2.38. The summed E-state index contributed by atoms with van der Waals surface area (Å²) in [5.41, 5.74) is 1.99. The van der Waals surface area contributed by atoms with E-state index in [1.54, 1.807) is 42.3 Å². The summed E-state index contributed by atoms with van der Waals surface area (Å²) in [7, 11) is 1.80. The van der Waals surface area contributed by atoms with Gasteiger partial charge in [0.15, 0.2) is 0 Å². The molecule has 7 nitrogen and oxygen atoms in total. The number of hydrogen-bond donors (Lipinski definition) is 1. The van der Waals surface area contributed by atoms with Gasteiger partial charge >= 0.3 is 0 Å². The molecule has 25 heavy (non-hydrogen) atoms. The van der Waals surface area contributed by atoms with Crippen molar-refractivity contribution in [2.75, 3.05) is 13.1 Å². The number of amides is 1. The van der Waals surface area contributed by atoms with Crippen LogP contribution in [0.2, 0.25) is 0 Å². The molecule has 128 valence electrons. The van der Waals surface area contributed by atoms with Crippen LogP contribution in [0.3, 0.4) is 0 Å². The molecule has 0 spiro atoms. The monoisotopic (exact) mass is 337 g/mol. The van der Waals surface area contributed by atoms with E-state index in [4.69, 9.17) is 0 Å². The maximum absolute atomic E-state index is 12.5. The second-order valence-corrected chi connectivity index (χ2v) is 6.43. The summed E-state index contributed by atoms with van der Waals surface area (Å²) in [4.78, 5) is 33.8. The normalized spacial score (nSPS) is 15.6. The van der Waals surface area contributed by atoms with Gasteiger partial charge in [0.2, 0.25) is 0 Å². The number of H-pyrrole nitrogens is 1. The van der Waals surface area contributed by atoms with E-state index in [2.05, 4.69) is 15.1 Å². The first-order valence-electron chi connectivity index (χ1n) is 8.39. The lowest BCUT2D eigenvalue weighted by molar-refractivity contribution is 0.0705. The van der Waals surface area contributed by atoms with E-state index in [1.165, 1.54) is 0 Å². The van der Waals surface area contributed by atoms with Crippen molar-refractivity contribution < 1.29 is 4.79 Å². The molecule has 1 fully saturated rings. The van der Waals surface area contributed by atoms with Gasteiger partial charge in [0.25, 0.3) is 11.5 Å². The molecule has 7 heteroatoms. The highest BCUT2D eigenvalue weighted by molar-refractivity contribution is 5.92. The van der Waals surface area contributed by atoms with Gasteiger partial charge in [-0.25, -0.2) is 0 Å². The molecule has 3 aromatic rings. The number of rotatable bonds is 2. The zero-order valence-electron chi connectivity index (χ0n) is 14.0. The summed E-state index contributed by atoms with van der Waals surface area (Å²) < 4.78 is 1.63. The van der Waals surface area contributed by atoms with Crippen molar-refractivity contribution in [2.45, 2.75) is 18.8 Å². The topological polar surface area (TPSA) is 83.9 Å². The minimum absolute atomic E-state index is 0.0345. The number of nitrogens with one attached hydrogen (secondary N) is 1. The average Bonchev–Trinajstić information content (AvgIpc) is 3.07. The summed E-state index contributed by atoms with van der Waals surface area (Å²) in [6.45, 7) is 1.31. The third-order valence-corrected chi connectivity index (χ3v) is 4.79. The number of aryl methyl sites for hydroxylation is 1. The molecule has 1 aliphatic heterocycles. The summed E-state index contributed by atoms with van der Waals surface area (Å²) in [6.07, 6.45) is 5.09. The van der Waals surface area contributed by atoms with Gasteiger partial charge in [0.1, 0.15) is 5.69 Å². The van der Waals surface area contributed by atoms with E-state index in [9.17, 15) is 9.59 Å². The molecule has 0 saturated carbocycles. The van der Waals surface area contributed by atoms with Crippen LogP contribution in [0.4, 0.5) is 0 Å². The molecule has 0 radical (unpaired) electrons. The van der Waals surface area contributed by atoms with Gasteiger partial charge in [0, 0.05) is 44.1 Å². The molecule has 0 aromatic carbocycles. The third-order valence-electron chi connectivity index (χ3n) is 4.79. The van der Waals surface area contributed by atoms with Crippen LogP contribution in [0.25, 0.3) is 10.9 Å². The van der Waals surface area contributed by atoms with E-state index in [0.29, 0.717) is 29.7 Å². The SMILES string of the molecule is Cn1ccc(C(=O)N2CCC(c3cc4ncccc4c(=O)[nH]3)CC2)n1. The van der Waals surface area contributed by atoms with Gasteiger partial charge in [-0.2, -0.15) is 5.10 Å².